The highest BCUT2D eigenvalue weighted by molar-refractivity contribution is 6.33. The van der Waals surface area contributed by atoms with Gasteiger partial charge in [0, 0.05) is 24.9 Å². The molecule has 0 atom stereocenters. The van der Waals surface area contributed by atoms with E-state index in [1.165, 1.54) is 38.8 Å². The Morgan fingerprint density at radius 2 is 1.96 bits per heavy atom. The number of carbonyl (C=O) groups excluding carboxylic acids is 1. The molecule has 27 heavy (non-hydrogen) atoms. The first-order valence-corrected chi connectivity index (χ1v) is 10.3. The van der Waals surface area contributed by atoms with Gasteiger partial charge in [-0.05, 0) is 51.0 Å². The summed E-state index contributed by atoms with van der Waals surface area (Å²) in [7, 11) is 0. The van der Waals surface area contributed by atoms with Crippen molar-refractivity contribution in [2.45, 2.75) is 44.9 Å². The molecule has 1 saturated heterocycles. The Morgan fingerprint density at radius 1 is 1.19 bits per heavy atom. The van der Waals surface area contributed by atoms with Crippen molar-refractivity contribution in [2.75, 3.05) is 26.2 Å². The van der Waals surface area contributed by atoms with E-state index in [-0.39, 0.29) is 5.91 Å². The highest BCUT2D eigenvalue weighted by Gasteiger charge is 2.11. The van der Waals surface area contributed by atoms with Gasteiger partial charge in [-0.3, -0.25) is 4.79 Å². The van der Waals surface area contributed by atoms with E-state index in [9.17, 15) is 4.79 Å². The van der Waals surface area contributed by atoms with Crippen LogP contribution in [0.5, 0.6) is 0 Å². The monoisotopic (exact) mass is 389 g/mol. The topological polar surface area (TPSA) is 58.4 Å². The van der Waals surface area contributed by atoms with Gasteiger partial charge in [0.25, 0.3) is 0 Å². The molecule has 0 bridgehead atoms. The molecule has 0 radical (unpaired) electrons. The maximum Gasteiger partial charge on any atom is 0.220 e. The average molecular weight is 390 g/mol. The van der Waals surface area contributed by atoms with E-state index in [4.69, 9.17) is 16.0 Å². The van der Waals surface area contributed by atoms with Gasteiger partial charge in [-0.2, -0.15) is 0 Å². The summed E-state index contributed by atoms with van der Waals surface area (Å²) < 4.78 is 5.74. The van der Waals surface area contributed by atoms with Crippen molar-refractivity contribution < 1.29 is 9.21 Å². The van der Waals surface area contributed by atoms with E-state index in [1.54, 1.807) is 6.20 Å². The van der Waals surface area contributed by atoms with Crippen molar-refractivity contribution in [2.24, 2.45) is 0 Å². The molecule has 2 heterocycles. The molecular formula is C21H28ClN3O2. The molecule has 1 aromatic carbocycles. The minimum absolute atomic E-state index is 0.0448. The number of rotatable bonds is 8. The highest BCUT2D eigenvalue weighted by Crippen LogP contribution is 2.28. The molecular weight excluding hydrogens is 362 g/mol. The largest absolute Gasteiger partial charge is 0.441 e. The lowest BCUT2D eigenvalue weighted by Gasteiger charge is -2.19. The molecule has 1 amide bonds. The number of hydrogen-bond acceptors (Lipinski definition) is 4. The molecule has 0 unspecified atom stereocenters. The van der Waals surface area contributed by atoms with E-state index in [1.807, 2.05) is 24.3 Å². The molecule has 0 spiro atoms. The number of likely N-dealkylation sites (tertiary alicyclic amines) is 1. The Balaban J connectivity index is 1.35. The molecule has 1 aliphatic heterocycles. The van der Waals surface area contributed by atoms with Crippen molar-refractivity contribution in [3.63, 3.8) is 0 Å². The standard InChI is InChI=1S/C21H28ClN3O2/c22-18-9-4-3-8-17(18)19-16-24-21(27-19)11-10-20(26)23-12-7-15-25-13-5-1-2-6-14-25/h3-4,8-9,16H,1-2,5-7,10-15H2,(H,23,26). The molecule has 0 aliphatic carbocycles. The Morgan fingerprint density at radius 3 is 2.74 bits per heavy atom. The minimum atomic E-state index is 0.0448. The highest BCUT2D eigenvalue weighted by atomic mass is 35.5. The number of aryl methyl sites for hydroxylation is 1. The number of amides is 1. The van der Waals surface area contributed by atoms with Crippen LogP contribution in [-0.2, 0) is 11.2 Å². The van der Waals surface area contributed by atoms with Gasteiger partial charge in [-0.25, -0.2) is 4.98 Å². The molecule has 3 rings (SSSR count). The van der Waals surface area contributed by atoms with Crippen LogP contribution in [0.4, 0.5) is 0 Å². The zero-order valence-electron chi connectivity index (χ0n) is 15.8. The van der Waals surface area contributed by atoms with Crippen LogP contribution in [0.15, 0.2) is 34.9 Å². The van der Waals surface area contributed by atoms with Gasteiger partial charge in [0.2, 0.25) is 5.91 Å². The van der Waals surface area contributed by atoms with Crippen LogP contribution < -0.4 is 5.32 Å². The lowest BCUT2D eigenvalue weighted by atomic mass is 10.2. The van der Waals surface area contributed by atoms with Crippen molar-refractivity contribution >= 4 is 17.5 Å². The molecule has 1 N–H and O–H groups in total. The molecule has 2 aromatic rings. The van der Waals surface area contributed by atoms with E-state index >= 15 is 0 Å². The maximum absolute atomic E-state index is 12.0. The second-order valence-electron chi connectivity index (χ2n) is 7.06. The number of benzene rings is 1. The smallest absolute Gasteiger partial charge is 0.220 e. The third kappa shape index (κ3) is 6.36. The fraction of sp³-hybridized carbons (Fsp3) is 0.524. The van der Waals surface area contributed by atoms with Crippen LogP contribution in [-0.4, -0.2) is 42.0 Å². The Bertz CT molecular complexity index is 724. The minimum Gasteiger partial charge on any atom is -0.441 e. The fourth-order valence-corrected chi connectivity index (χ4v) is 3.64. The Kier molecular flexibility index (Phi) is 7.72. The summed E-state index contributed by atoms with van der Waals surface area (Å²) in [6.45, 7) is 4.20. The summed E-state index contributed by atoms with van der Waals surface area (Å²) in [6, 6.07) is 7.49. The molecule has 6 heteroatoms. The van der Waals surface area contributed by atoms with Crippen molar-refractivity contribution in [1.82, 2.24) is 15.2 Å². The molecule has 1 aliphatic rings. The van der Waals surface area contributed by atoms with Crippen LogP contribution >= 0.6 is 11.6 Å². The van der Waals surface area contributed by atoms with Gasteiger partial charge < -0.3 is 14.6 Å². The van der Waals surface area contributed by atoms with Gasteiger partial charge in [-0.15, -0.1) is 0 Å². The zero-order valence-corrected chi connectivity index (χ0v) is 16.5. The summed E-state index contributed by atoms with van der Waals surface area (Å²) in [5.41, 5.74) is 0.816. The third-order valence-electron chi connectivity index (χ3n) is 4.93. The van der Waals surface area contributed by atoms with Gasteiger partial charge in [-0.1, -0.05) is 36.6 Å². The van der Waals surface area contributed by atoms with Crippen LogP contribution in [0.3, 0.4) is 0 Å². The van der Waals surface area contributed by atoms with Crippen LogP contribution in [0.25, 0.3) is 11.3 Å². The molecule has 1 aromatic heterocycles. The lowest BCUT2D eigenvalue weighted by molar-refractivity contribution is -0.121. The number of nitrogens with one attached hydrogen (secondary N) is 1. The van der Waals surface area contributed by atoms with Crippen LogP contribution in [0.1, 0.15) is 44.4 Å². The van der Waals surface area contributed by atoms with Gasteiger partial charge in [0.1, 0.15) is 0 Å². The van der Waals surface area contributed by atoms with Crippen LogP contribution in [0.2, 0.25) is 5.02 Å². The first kappa shape index (κ1) is 19.9. The van der Waals surface area contributed by atoms with Crippen molar-refractivity contribution in [3.05, 3.63) is 41.4 Å². The number of nitrogens with zero attached hydrogens (tertiary/aromatic N) is 2. The van der Waals surface area contributed by atoms with E-state index in [2.05, 4.69) is 15.2 Å². The number of halogens is 1. The maximum atomic E-state index is 12.0. The molecule has 0 saturated carbocycles. The Labute approximate surface area is 166 Å². The zero-order chi connectivity index (χ0) is 18.9. The Hall–Kier alpha value is -1.85. The van der Waals surface area contributed by atoms with Crippen LogP contribution in [0, 0.1) is 0 Å². The first-order chi connectivity index (χ1) is 13.2. The number of hydrogen-bond donors (Lipinski definition) is 1. The summed E-state index contributed by atoms with van der Waals surface area (Å²) in [4.78, 5) is 18.8. The first-order valence-electron chi connectivity index (χ1n) is 9.91. The van der Waals surface area contributed by atoms with E-state index in [0.717, 1.165) is 25.1 Å². The van der Waals surface area contributed by atoms with Crippen molar-refractivity contribution in [3.8, 4) is 11.3 Å². The summed E-state index contributed by atoms with van der Waals surface area (Å²) in [6.07, 6.45) is 8.85. The summed E-state index contributed by atoms with van der Waals surface area (Å²) >= 11 is 6.18. The number of carbonyl (C=O) groups is 1. The third-order valence-corrected chi connectivity index (χ3v) is 5.26. The predicted molar refractivity (Wildman–Crippen MR) is 108 cm³/mol. The summed E-state index contributed by atoms with van der Waals surface area (Å²) in [5.74, 6) is 1.24. The summed E-state index contributed by atoms with van der Waals surface area (Å²) in [5, 5.41) is 3.63. The van der Waals surface area contributed by atoms with Gasteiger partial charge in [0.15, 0.2) is 11.7 Å². The number of oxazole rings is 1. The van der Waals surface area contributed by atoms with Gasteiger partial charge in [0.05, 0.1) is 11.2 Å². The van der Waals surface area contributed by atoms with E-state index < -0.39 is 0 Å². The normalized spacial score (nSPS) is 15.4. The quantitative estimate of drug-likeness (QED) is 0.683. The molecule has 5 nitrogen and oxygen atoms in total. The lowest BCUT2D eigenvalue weighted by Crippen LogP contribution is -2.30. The average Bonchev–Trinajstić information content (AvgIpc) is 2.99. The molecule has 1 fully saturated rings. The predicted octanol–water partition coefficient (Wildman–Crippen LogP) is 4.31. The second-order valence-corrected chi connectivity index (χ2v) is 7.46. The molecule has 146 valence electrons. The number of aromatic nitrogens is 1. The van der Waals surface area contributed by atoms with Gasteiger partial charge >= 0.3 is 0 Å². The van der Waals surface area contributed by atoms with Crippen molar-refractivity contribution in [1.29, 1.82) is 0 Å². The fourth-order valence-electron chi connectivity index (χ4n) is 3.41. The van der Waals surface area contributed by atoms with E-state index in [0.29, 0.717) is 29.5 Å². The SMILES string of the molecule is O=C(CCc1ncc(-c2ccccc2Cl)o1)NCCCN1CCCCCC1. The second kappa shape index (κ2) is 10.5.